The van der Waals surface area contributed by atoms with Crippen LogP contribution in [0.25, 0.3) is 0 Å². The second kappa shape index (κ2) is 4.86. The van der Waals surface area contributed by atoms with Gasteiger partial charge in [0.25, 0.3) is 0 Å². The minimum absolute atomic E-state index is 0.240. The van der Waals surface area contributed by atoms with Crippen LogP contribution in [0, 0.1) is 16.7 Å². The fourth-order valence-corrected chi connectivity index (χ4v) is 2.21. The van der Waals surface area contributed by atoms with Crippen LogP contribution >= 0.6 is 0 Å². The summed E-state index contributed by atoms with van der Waals surface area (Å²) in [6.45, 7) is 5.56. The lowest BCUT2D eigenvalue weighted by Crippen LogP contribution is -2.30. The smallest absolute Gasteiger partial charge is 0.307 e. The van der Waals surface area contributed by atoms with Crippen molar-refractivity contribution >= 4 is 5.97 Å². The first-order chi connectivity index (χ1) is 7.37. The van der Waals surface area contributed by atoms with E-state index in [1.54, 1.807) is 0 Å². The van der Waals surface area contributed by atoms with E-state index < -0.39 is 11.0 Å². The maximum Gasteiger partial charge on any atom is 0.307 e. The Morgan fingerprint density at radius 1 is 1.31 bits per heavy atom. The molecule has 0 saturated heterocycles. The van der Waals surface area contributed by atoms with Crippen LogP contribution in [-0.4, -0.2) is 11.6 Å². The first-order valence-electron chi connectivity index (χ1n) is 6.00. The zero-order valence-electron chi connectivity index (χ0n) is 10.5. The Hall–Kier alpha value is -1.04. The predicted molar refractivity (Wildman–Crippen MR) is 61.6 cm³/mol. The summed E-state index contributed by atoms with van der Waals surface area (Å²) in [5.74, 6) is -0.240. The number of ether oxygens (including phenoxy) is 1. The monoisotopic (exact) mass is 223 g/mol. The minimum atomic E-state index is -0.458. The van der Waals surface area contributed by atoms with Crippen molar-refractivity contribution in [2.75, 3.05) is 0 Å². The number of carbonyl (C=O) groups excluding carboxylic acids is 1. The van der Waals surface area contributed by atoms with Crippen LogP contribution < -0.4 is 0 Å². The standard InChI is InChI=1S/C13H21NO2/c1-12(2,3)16-11(15)9-13(10-14)7-5-4-6-8-13/h4-9H2,1-3H3. The normalized spacial score (nSPS) is 19.9. The molecule has 0 aromatic rings. The fourth-order valence-electron chi connectivity index (χ4n) is 2.21. The molecule has 3 nitrogen and oxygen atoms in total. The van der Waals surface area contributed by atoms with Gasteiger partial charge in [0.1, 0.15) is 5.60 Å². The van der Waals surface area contributed by atoms with Gasteiger partial charge in [-0.05, 0) is 33.6 Å². The van der Waals surface area contributed by atoms with Gasteiger partial charge in [0, 0.05) is 0 Å². The van der Waals surface area contributed by atoms with Crippen molar-refractivity contribution in [1.82, 2.24) is 0 Å². The van der Waals surface area contributed by atoms with Crippen LogP contribution in [0.1, 0.15) is 59.3 Å². The lowest BCUT2D eigenvalue weighted by molar-refractivity contribution is -0.157. The molecule has 3 heteroatoms. The molecule has 0 atom stereocenters. The summed E-state index contributed by atoms with van der Waals surface area (Å²) in [6, 6.07) is 2.33. The molecule has 1 saturated carbocycles. The van der Waals surface area contributed by atoms with Crippen LogP contribution in [0.5, 0.6) is 0 Å². The van der Waals surface area contributed by atoms with E-state index in [0.29, 0.717) is 0 Å². The maximum absolute atomic E-state index is 11.7. The highest BCUT2D eigenvalue weighted by atomic mass is 16.6. The highest BCUT2D eigenvalue weighted by molar-refractivity contribution is 5.71. The molecule has 0 spiro atoms. The third-order valence-electron chi connectivity index (χ3n) is 2.95. The van der Waals surface area contributed by atoms with Crippen molar-refractivity contribution in [3.63, 3.8) is 0 Å². The summed E-state index contributed by atoms with van der Waals surface area (Å²) in [7, 11) is 0. The Kier molecular flexibility index (Phi) is 3.96. The molecule has 1 rings (SSSR count). The van der Waals surface area contributed by atoms with Crippen LogP contribution in [0.3, 0.4) is 0 Å². The topological polar surface area (TPSA) is 50.1 Å². The highest BCUT2D eigenvalue weighted by Gasteiger charge is 2.35. The van der Waals surface area contributed by atoms with E-state index >= 15 is 0 Å². The first-order valence-corrected chi connectivity index (χ1v) is 6.00. The van der Waals surface area contributed by atoms with Gasteiger partial charge in [-0.25, -0.2) is 0 Å². The Balaban J connectivity index is 2.57. The summed E-state index contributed by atoms with van der Waals surface area (Å²) >= 11 is 0. The van der Waals surface area contributed by atoms with Gasteiger partial charge in [0.15, 0.2) is 0 Å². The van der Waals surface area contributed by atoms with Crippen LogP contribution in [0.15, 0.2) is 0 Å². The maximum atomic E-state index is 11.7. The van der Waals surface area contributed by atoms with Crippen molar-refractivity contribution in [1.29, 1.82) is 5.26 Å². The van der Waals surface area contributed by atoms with Gasteiger partial charge >= 0.3 is 5.97 Å². The van der Waals surface area contributed by atoms with Gasteiger partial charge < -0.3 is 4.74 Å². The van der Waals surface area contributed by atoms with Crippen LogP contribution in [-0.2, 0) is 9.53 Å². The van der Waals surface area contributed by atoms with E-state index in [1.807, 2.05) is 20.8 Å². The van der Waals surface area contributed by atoms with Crippen molar-refractivity contribution in [3.8, 4) is 6.07 Å². The summed E-state index contributed by atoms with van der Waals surface area (Å²) in [6.07, 6.45) is 5.21. The molecule has 0 radical (unpaired) electrons. The molecule has 90 valence electrons. The number of nitriles is 1. The van der Waals surface area contributed by atoms with Crippen molar-refractivity contribution in [3.05, 3.63) is 0 Å². The molecule has 1 fully saturated rings. The third kappa shape index (κ3) is 3.84. The molecular formula is C13H21NO2. The number of nitrogens with zero attached hydrogens (tertiary/aromatic N) is 1. The molecule has 0 bridgehead atoms. The molecule has 1 aliphatic carbocycles. The number of esters is 1. The van der Waals surface area contributed by atoms with E-state index in [1.165, 1.54) is 6.42 Å². The van der Waals surface area contributed by atoms with Crippen molar-refractivity contribution in [2.24, 2.45) is 5.41 Å². The number of carbonyl (C=O) groups is 1. The molecule has 0 amide bonds. The summed E-state index contributed by atoms with van der Waals surface area (Å²) in [4.78, 5) is 11.7. The van der Waals surface area contributed by atoms with E-state index in [-0.39, 0.29) is 12.4 Å². The SMILES string of the molecule is CC(C)(C)OC(=O)CC1(C#N)CCCCC1. The van der Waals surface area contributed by atoms with E-state index in [0.717, 1.165) is 25.7 Å². The van der Waals surface area contributed by atoms with Gasteiger partial charge in [-0.1, -0.05) is 19.3 Å². The number of hydrogen-bond donors (Lipinski definition) is 0. The van der Waals surface area contributed by atoms with Gasteiger partial charge in [-0.15, -0.1) is 0 Å². The molecular weight excluding hydrogens is 202 g/mol. The average molecular weight is 223 g/mol. The second-order valence-electron chi connectivity index (χ2n) is 5.72. The molecule has 0 heterocycles. The lowest BCUT2D eigenvalue weighted by atomic mass is 9.73. The molecule has 0 aliphatic heterocycles. The second-order valence-corrected chi connectivity index (χ2v) is 5.72. The first kappa shape index (κ1) is 13.0. The Labute approximate surface area is 97.8 Å². The zero-order valence-corrected chi connectivity index (χ0v) is 10.5. The number of hydrogen-bond acceptors (Lipinski definition) is 3. The number of rotatable bonds is 2. The molecule has 0 aromatic heterocycles. The summed E-state index contributed by atoms with van der Waals surface area (Å²) in [5, 5.41) is 9.23. The molecule has 0 unspecified atom stereocenters. The Bertz CT molecular complexity index is 290. The minimum Gasteiger partial charge on any atom is -0.460 e. The van der Waals surface area contributed by atoms with Gasteiger partial charge in [-0.3, -0.25) is 4.79 Å². The lowest BCUT2D eigenvalue weighted by Gasteiger charge is -2.30. The molecule has 0 aromatic carbocycles. The molecule has 0 N–H and O–H groups in total. The van der Waals surface area contributed by atoms with E-state index in [4.69, 9.17) is 4.74 Å². The van der Waals surface area contributed by atoms with E-state index in [2.05, 4.69) is 6.07 Å². The quantitative estimate of drug-likeness (QED) is 0.675. The Morgan fingerprint density at radius 3 is 2.31 bits per heavy atom. The summed E-state index contributed by atoms with van der Waals surface area (Å²) < 4.78 is 5.28. The third-order valence-corrected chi connectivity index (χ3v) is 2.95. The van der Waals surface area contributed by atoms with Crippen LogP contribution in [0.4, 0.5) is 0 Å². The van der Waals surface area contributed by atoms with Crippen molar-refractivity contribution in [2.45, 2.75) is 64.9 Å². The Morgan fingerprint density at radius 2 is 1.88 bits per heavy atom. The zero-order chi connectivity index (χ0) is 12.2. The van der Waals surface area contributed by atoms with Crippen LogP contribution in [0.2, 0.25) is 0 Å². The molecule has 16 heavy (non-hydrogen) atoms. The summed E-state index contributed by atoms with van der Waals surface area (Å²) in [5.41, 5.74) is -0.914. The molecule has 1 aliphatic rings. The largest absolute Gasteiger partial charge is 0.460 e. The van der Waals surface area contributed by atoms with Gasteiger partial charge in [-0.2, -0.15) is 5.26 Å². The van der Waals surface area contributed by atoms with E-state index in [9.17, 15) is 10.1 Å². The fraction of sp³-hybridized carbons (Fsp3) is 0.846. The van der Waals surface area contributed by atoms with Gasteiger partial charge in [0.05, 0.1) is 17.9 Å². The average Bonchev–Trinajstić information content (AvgIpc) is 2.16. The van der Waals surface area contributed by atoms with Crippen molar-refractivity contribution < 1.29 is 9.53 Å². The van der Waals surface area contributed by atoms with Gasteiger partial charge in [0.2, 0.25) is 0 Å². The predicted octanol–water partition coefficient (Wildman–Crippen LogP) is 3.19. The highest BCUT2D eigenvalue weighted by Crippen LogP contribution is 2.39.